The smallest absolute Gasteiger partial charge is 0.663 e. The summed E-state index contributed by atoms with van der Waals surface area (Å²) in [5.74, 6) is 0. The van der Waals surface area contributed by atoms with E-state index in [9.17, 15) is 0 Å². The first-order valence-corrected chi connectivity index (χ1v) is 4.35. The molecular formula is C11H14NRb. The fraction of sp³-hybridized carbons (Fsp3) is 0.273. The van der Waals surface area contributed by atoms with Gasteiger partial charge >= 0.3 is 58.2 Å². The summed E-state index contributed by atoms with van der Waals surface area (Å²) in [4.78, 5) is 4.22. The molecule has 1 aromatic heterocycles. The SMILES string of the molecule is CC.Cc1c[n-]c2ccccc12.[Rb+]. The molecule has 2 rings (SSSR count). The van der Waals surface area contributed by atoms with Crippen molar-refractivity contribution in [3.63, 3.8) is 0 Å². The molecule has 0 aliphatic carbocycles. The van der Waals surface area contributed by atoms with Crippen molar-refractivity contribution in [2.45, 2.75) is 20.8 Å². The monoisotopic (exact) mass is 245 g/mol. The Balaban J connectivity index is 0.000000451. The van der Waals surface area contributed by atoms with Gasteiger partial charge in [-0.15, -0.1) is 5.52 Å². The average molecular weight is 246 g/mol. The summed E-state index contributed by atoms with van der Waals surface area (Å²) >= 11 is 0. The van der Waals surface area contributed by atoms with Crippen LogP contribution in [-0.2, 0) is 0 Å². The van der Waals surface area contributed by atoms with Gasteiger partial charge in [-0.05, 0) is 12.3 Å². The van der Waals surface area contributed by atoms with E-state index in [0.717, 1.165) is 5.52 Å². The van der Waals surface area contributed by atoms with Crippen LogP contribution < -0.4 is 63.2 Å². The predicted molar refractivity (Wildman–Crippen MR) is 53.4 cm³/mol. The number of rotatable bonds is 0. The van der Waals surface area contributed by atoms with Crippen molar-refractivity contribution >= 4 is 10.9 Å². The van der Waals surface area contributed by atoms with E-state index < -0.39 is 0 Å². The summed E-state index contributed by atoms with van der Waals surface area (Å²) in [5, 5.41) is 1.27. The van der Waals surface area contributed by atoms with E-state index in [1.165, 1.54) is 10.9 Å². The first-order chi connectivity index (χ1) is 5.88. The van der Waals surface area contributed by atoms with E-state index >= 15 is 0 Å². The standard InChI is InChI=1S/C9H8N.C2H6.Rb/c1-7-6-10-9-5-3-2-4-8(7)9;1-2;/h2-6H,1H3;1-2H3;/q-1;;+1. The van der Waals surface area contributed by atoms with Gasteiger partial charge in [0.05, 0.1) is 0 Å². The van der Waals surface area contributed by atoms with E-state index in [1.54, 1.807) is 0 Å². The van der Waals surface area contributed by atoms with E-state index in [-0.39, 0.29) is 58.2 Å². The summed E-state index contributed by atoms with van der Waals surface area (Å²) in [5.41, 5.74) is 2.36. The number of hydrogen-bond acceptors (Lipinski definition) is 0. The molecule has 13 heavy (non-hydrogen) atoms. The van der Waals surface area contributed by atoms with Crippen LogP contribution in [0.25, 0.3) is 10.9 Å². The summed E-state index contributed by atoms with van der Waals surface area (Å²) in [6.45, 7) is 6.08. The molecule has 0 saturated carbocycles. The van der Waals surface area contributed by atoms with Gasteiger partial charge in [-0.25, -0.2) is 0 Å². The van der Waals surface area contributed by atoms with Crippen LogP contribution in [0, 0.1) is 6.92 Å². The molecule has 0 spiro atoms. The van der Waals surface area contributed by atoms with Crippen molar-refractivity contribution in [1.29, 1.82) is 0 Å². The first kappa shape index (κ1) is 13.6. The van der Waals surface area contributed by atoms with Gasteiger partial charge in [0.15, 0.2) is 0 Å². The minimum absolute atomic E-state index is 0. The fourth-order valence-electron chi connectivity index (χ4n) is 1.16. The first-order valence-electron chi connectivity index (χ1n) is 4.35. The summed E-state index contributed by atoms with van der Waals surface area (Å²) in [7, 11) is 0. The normalized spacial score (nSPS) is 8.54. The molecule has 64 valence electrons. The van der Waals surface area contributed by atoms with Gasteiger partial charge in [-0.3, -0.25) is 0 Å². The molecule has 0 unspecified atom stereocenters. The van der Waals surface area contributed by atoms with Gasteiger partial charge in [0.25, 0.3) is 0 Å². The number of fused-ring (bicyclic) bond motifs is 1. The van der Waals surface area contributed by atoms with Gasteiger partial charge in [0.1, 0.15) is 0 Å². The molecule has 0 fully saturated rings. The average Bonchev–Trinajstić information content (AvgIpc) is 2.53. The topological polar surface area (TPSA) is 14.1 Å². The quantitative estimate of drug-likeness (QED) is 0.644. The van der Waals surface area contributed by atoms with E-state index in [0.29, 0.717) is 0 Å². The third-order valence-electron chi connectivity index (χ3n) is 1.73. The molecule has 2 aromatic rings. The van der Waals surface area contributed by atoms with Crippen LogP contribution in [0.4, 0.5) is 0 Å². The molecule has 1 nitrogen and oxygen atoms in total. The molecule has 2 heteroatoms. The Kier molecular flexibility index (Phi) is 7.24. The van der Waals surface area contributed by atoms with Crippen molar-refractivity contribution in [2.75, 3.05) is 0 Å². The number of para-hydroxylation sites is 1. The molecule has 0 radical (unpaired) electrons. The van der Waals surface area contributed by atoms with Crippen LogP contribution in [0.2, 0.25) is 0 Å². The van der Waals surface area contributed by atoms with E-state index in [1.807, 2.05) is 38.2 Å². The Hall–Kier alpha value is 0.565. The van der Waals surface area contributed by atoms with Crippen molar-refractivity contribution in [3.05, 3.63) is 36.0 Å². The predicted octanol–water partition coefficient (Wildman–Crippen LogP) is 0.136. The van der Waals surface area contributed by atoms with Crippen LogP contribution in [-0.4, -0.2) is 0 Å². The molecule has 0 N–H and O–H groups in total. The zero-order valence-corrected chi connectivity index (χ0v) is 13.8. The van der Waals surface area contributed by atoms with Gasteiger partial charge in [0.2, 0.25) is 0 Å². The van der Waals surface area contributed by atoms with Crippen molar-refractivity contribution in [1.82, 2.24) is 4.98 Å². The van der Waals surface area contributed by atoms with Crippen LogP contribution in [0.1, 0.15) is 19.4 Å². The van der Waals surface area contributed by atoms with Gasteiger partial charge < -0.3 is 4.98 Å². The van der Waals surface area contributed by atoms with Crippen LogP contribution >= 0.6 is 0 Å². The third kappa shape index (κ3) is 3.32. The largest absolute Gasteiger partial charge is 1.00 e. The van der Waals surface area contributed by atoms with Crippen molar-refractivity contribution in [3.8, 4) is 0 Å². The van der Waals surface area contributed by atoms with Gasteiger partial charge in [-0.1, -0.05) is 43.7 Å². The summed E-state index contributed by atoms with van der Waals surface area (Å²) < 4.78 is 0. The Morgan fingerprint density at radius 2 is 1.69 bits per heavy atom. The maximum Gasteiger partial charge on any atom is 1.00 e. The number of aromatic nitrogens is 1. The Bertz CT molecular complexity index is 352. The van der Waals surface area contributed by atoms with Gasteiger partial charge in [-0.2, -0.15) is 6.20 Å². The second-order valence-corrected chi connectivity index (χ2v) is 2.46. The molecule has 0 saturated heterocycles. The summed E-state index contributed by atoms with van der Waals surface area (Å²) in [6, 6.07) is 8.17. The minimum Gasteiger partial charge on any atom is -0.663 e. The third-order valence-corrected chi connectivity index (χ3v) is 1.73. The zero-order chi connectivity index (χ0) is 8.97. The Labute approximate surface area is 129 Å². The second-order valence-electron chi connectivity index (χ2n) is 2.46. The maximum atomic E-state index is 4.22. The second kappa shape index (κ2) is 6.94. The Morgan fingerprint density at radius 3 is 2.31 bits per heavy atom. The van der Waals surface area contributed by atoms with Crippen LogP contribution in [0.15, 0.2) is 30.5 Å². The minimum atomic E-state index is 0. The molecule has 0 bridgehead atoms. The van der Waals surface area contributed by atoms with Crippen molar-refractivity contribution < 1.29 is 58.2 Å². The number of nitrogens with zero attached hydrogens (tertiary/aromatic N) is 1. The Morgan fingerprint density at radius 1 is 1.08 bits per heavy atom. The van der Waals surface area contributed by atoms with Crippen LogP contribution in [0.5, 0.6) is 0 Å². The van der Waals surface area contributed by atoms with Gasteiger partial charge in [0, 0.05) is 0 Å². The zero-order valence-electron chi connectivity index (χ0n) is 8.83. The molecule has 0 aliphatic heterocycles. The molecule has 0 amide bonds. The molecule has 1 aromatic carbocycles. The van der Waals surface area contributed by atoms with Crippen LogP contribution in [0.3, 0.4) is 0 Å². The number of hydrogen-bond donors (Lipinski definition) is 0. The maximum absolute atomic E-state index is 4.22. The molecule has 1 heterocycles. The molecular weight excluding hydrogens is 232 g/mol. The molecule has 0 aliphatic rings. The van der Waals surface area contributed by atoms with E-state index in [4.69, 9.17) is 0 Å². The fourth-order valence-corrected chi connectivity index (χ4v) is 1.16. The van der Waals surface area contributed by atoms with E-state index in [2.05, 4.69) is 18.0 Å². The number of benzene rings is 1. The molecule has 0 atom stereocenters. The van der Waals surface area contributed by atoms with Crippen molar-refractivity contribution in [2.24, 2.45) is 0 Å². The summed E-state index contributed by atoms with van der Waals surface area (Å²) in [6.07, 6.45) is 1.91. The number of aryl methyl sites for hydroxylation is 1.